The molecule has 0 aliphatic rings. The molecule has 1 aromatic rings. The van der Waals surface area contributed by atoms with Gasteiger partial charge in [0.15, 0.2) is 0 Å². The van der Waals surface area contributed by atoms with E-state index in [1.165, 1.54) is 5.56 Å². The van der Waals surface area contributed by atoms with Crippen molar-refractivity contribution in [3.63, 3.8) is 0 Å². The first-order chi connectivity index (χ1) is 10.6. The minimum atomic E-state index is -0.121. The molecule has 0 aliphatic heterocycles. The molecular formula is C19H32N2O2. The third-order valence-electron chi connectivity index (χ3n) is 3.11. The van der Waals surface area contributed by atoms with E-state index in [0.29, 0.717) is 6.61 Å². The van der Waals surface area contributed by atoms with Crippen molar-refractivity contribution in [1.82, 2.24) is 5.32 Å². The molecule has 23 heavy (non-hydrogen) atoms. The topological polar surface area (TPSA) is 50.4 Å². The Hall–Kier alpha value is -1.39. The fourth-order valence-electron chi connectivity index (χ4n) is 2.18. The Bertz CT molecular complexity index is 482. The molecule has 0 saturated heterocycles. The third-order valence-corrected chi connectivity index (χ3v) is 3.11. The molecule has 130 valence electrons. The molecule has 0 atom stereocenters. The summed E-state index contributed by atoms with van der Waals surface area (Å²) < 4.78 is 5.38. The molecule has 0 aromatic heterocycles. The summed E-state index contributed by atoms with van der Waals surface area (Å²) in [6.45, 7) is 14.3. The monoisotopic (exact) mass is 320 g/mol. The Morgan fingerprint density at radius 3 is 2.17 bits per heavy atom. The van der Waals surface area contributed by atoms with E-state index < -0.39 is 0 Å². The molecule has 0 aliphatic carbocycles. The average molecular weight is 320 g/mol. The highest BCUT2D eigenvalue weighted by Crippen LogP contribution is 2.21. The first-order valence-electron chi connectivity index (χ1n) is 8.27. The van der Waals surface area contributed by atoms with Gasteiger partial charge in [-0.2, -0.15) is 0 Å². The van der Waals surface area contributed by atoms with Crippen LogP contribution >= 0.6 is 0 Å². The molecule has 4 heteroatoms. The zero-order valence-electron chi connectivity index (χ0n) is 15.5. The van der Waals surface area contributed by atoms with Crippen LogP contribution in [-0.2, 0) is 16.0 Å². The summed E-state index contributed by atoms with van der Waals surface area (Å²) in [4.78, 5) is 11.8. The largest absolute Gasteiger partial charge is 0.370 e. The molecule has 1 aromatic carbocycles. The molecule has 0 saturated carbocycles. The smallest absolute Gasteiger partial charge is 0.250 e. The van der Waals surface area contributed by atoms with E-state index in [-0.39, 0.29) is 23.5 Å². The van der Waals surface area contributed by atoms with Gasteiger partial charge in [-0.05, 0) is 50.3 Å². The van der Waals surface area contributed by atoms with E-state index in [1.54, 1.807) is 0 Å². The number of amides is 1. The second-order valence-electron chi connectivity index (χ2n) is 8.21. The van der Waals surface area contributed by atoms with Crippen LogP contribution in [0.3, 0.4) is 0 Å². The maximum Gasteiger partial charge on any atom is 0.250 e. The number of rotatable bonds is 7. The van der Waals surface area contributed by atoms with E-state index in [0.717, 1.165) is 18.7 Å². The molecule has 4 nitrogen and oxygen atoms in total. The second kappa shape index (κ2) is 8.46. The minimum absolute atomic E-state index is 0.0699. The highest BCUT2D eigenvalue weighted by molar-refractivity contribution is 5.91. The summed E-state index contributed by atoms with van der Waals surface area (Å²) in [6, 6.07) is 8.02. The number of hydrogen-bond acceptors (Lipinski definition) is 3. The Morgan fingerprint density at radius 1 is 1.04 bits per heavy atom. The lowest BCUT2D eigenvalue weighted by Gasteiger charge is -2.20. The third kappa shape index (κ3) is 10.1. The minimum Gasteiger partial charge on any atom is -0.370 e. The van der Waals surface area contributed by atoms with Crippen LogP contribution < -0.4 is 10.6 Å². The predicted molar refractivity (Wildman–Crippen MR) is 96.8 cm³/mol. The number of ether oxygens (including phenoxy) is 1. The summed E-state index contributed by atoms with van der Waals surface area (Å²) in [6.07, 6.45) is 1.02. The van der Waals surface area contributed by atoms with Crippen LogP contribution in [0.2, 0.25) is 0 Å². The molecule has 0 spiro atoms. The average Bonchev–Trinajstić information content (AvgIpc) is 2.37. The summed E-state index contributed by atoms with van der Waals surface area (Å²) in [5, 5.41) is 6.17. The molecule has 0 unspecified atom stereocenters. The number of carbonyl (C=O) groups excluding carboxylic acids is 1. The van der Waals surface area contributed by atoms with Crippen LogP contribution in [0, 0.1) is 5.41 Å². The highest BCUT2D eigenvalue weighted by atomic mass is 16.5. The van der Waals surface area contributed by atoms with Crippen LogP contribution in [-0.4, -0.2) is 31.2 Å². The van der Waals surface area contributed by atoms with Gasteiger partial charge in [-0.25, -0.2) is 0 Å². The summed E-state index contributed by atoms with van der Waals surface area (Å²) in [7, 11) is 0. The Labute approximate surface area is 141 Å². The van der Waals surface area contributed by atoms with Crippen LogP contribution in [0.1, 0.15) is 47.1 Å². The zero-order chi connectivity index (χ0) is 17.5. The van der Waals surface area contributed by atoms with Crippen molar-refractivity contribution in [1.29, 1.82) is 0 Å². The van der Waals surface area contributed by atoms with Gasteiger partial charge in [0, 0.05) is 17.8 Å². The standard InChI is InChI=1S/C19H32N2O2/c1-18(2,3)13-15-7-9-16(10-8-15)21-17(22)14-23-12-11-20-19(4,5)6/h7-10,20H,11-14H2,1-6H3,(H,21,22). The molecule has 0 radical (unpaired) electrons. The normalized spacial score (nSPS) is 12.3. The van der Waals surface area contributed by atoms with Crippen molar-refractivity contribution in [3.8, 4) is 0 Å². The van der Waals surface area contributed by atoms with Crippen LogP contribution in [0.4, 0.5) is 5.69 Å². The maximum absolute atomic E-state index is 11.8. The summed E-state index contributed by atoms with van der Waals surface area (Å²) >= 11 is 0. The van der Waals surface area contributed by atoms with Crippen molar-refractivity contribution in [3.05, 3.63) is 29.8 Å². The second-order valence-corrected chi connectivity index (χ2v) is 8.21. The van der Waals surface area contributed by atoms with Crippen molar-refractivity contribution >= 4 is 11.6 Å². The van der Waals surface area contributed by atoms with Gasteiger partial charge in [-0.15, -0.1) is 0 Å². The number of benzene rings is 1. The van der Waals surface area contributed by atoms with Crippen LogP contribution in [0.15, 0.2) is 24.3 Å². The molecule has 2 N–H and O–H groups in total. The van der Waals surface area contributed by atoms with Crippen molar-refractivity contribution < 1.29 is 9.53 Å². The van der Waals surface area contributed by atoms with Gasteiger partial charge < -0.3 is 15.4 Å². The maximum atomic E-state index is 11.8. The van der Waals surface area contributed by atoms with E-state index in [1.807, 2.05) is 12.1 Å². The lowest BCUT2D eigenvalue weighted by molar-refractivity contribution is -0.120. The van der Waals surface area contributed by atoms with E-state index in [2.05, 4.69) is 64.3 Å². The quantitative estimate of drug-likeness (QED) is 0.755. The number of carbonyl (C=O) groups is 1. The summed E-state index contributed by atoms with van der Waals surface area (Å²) in [5.41, 5.74) is 2.42. The molecule has 1 amide bonds. The fraction of sp³-hybridized carbons (Fsp3) is 0.632. The SMILES string of the molecule is CC(C)(C)Cc1ccc(NC(=O)COCCNC(C)(C)C)cc1. The van der Waals surface area contributed by atoms with Gasteiger partial charge in [0.25, 0.3) is 0 Å². The van der Waals surface area contributed by atoms with Crippen molar-refractivity contribution in [2.75, 3.05) is 25.1 Å². The van der Waals surface area contributed by atoms with Gasteiger partial charge in [-0.1, -0.05) is 32.9 Å². The molecule has 0 fully saturated rings. The van der Waals surface area contributed by atoms with Crippen LogP contribution in [0.25, 0.3) is 0 Å². The first-order valence-corrected chi connectivity index (χ1v) is 8.27. The first kappa shape index (κ1) is 19.7. The van der Waals surface area contributed by atoms with Gasteiger partial charge >= 0.3 is 0 Å². The summed E-state index contributed by atoms with van der Waals surface area (Å²) in [5.74, 6) is -0.121. The van der Waals surface area contributed by atoms with E-state index >= 15 is 0 Å². The molecule has 1 rings (SSSR count). The number of hydrogen-bond donors (Lipinski definition) is 2. The van der Waals surface area contributed by atoms with Crippen LogP contribution in [0.5, 0.6) is 0 Å². The molecule has 0 bridgehead atoms. The highest BCUT2D eigenvalue weighted by Gasteiger charge is 2.11. The molecular weight excluding hydrogens is 288 g/mol. The van der Waals surface area contributed by atoms with E-state index in [4.69, 9.17) is 4.74 Å². The van der Waals surface area contributed by atoms with Gasteiger partial charge in [0.1, 0.15) is 6.61 Å². The molecule has 0 heterocycles. The predicted octanol–water partition coefficient (Wildman–Crippen LogP) is 3.62. The van der Waals surface area contributed by atoms with Gasteiger partial charge in [-0.3, -0.25) is 4.79 Å². The number of nitrogens with one attached hydrogen (secondary N) is 2. The Morgan fingerprint density at radius 2 is 1.65 bits per heavy atom. The zero-order valence-corrected chi connectivity index (χ0v) is 15.5. The lowest BCUT2D eigenvalue weighted by Crippen LogP contribution is -2.38. The lowest BCUT2D eigenvalue weighted by atomic mass is 9.88. The van der Waals surface area contributed by atoms with Gasteiger partial charge in [0.2, 0.25) is 5.91 Å². The number of anilines is 1. The van der Waals surface area contributed by atoms with E-state index in [9.17, 15) is 4.79 Å². The van der Waals surface area contributed by atoms with Gasteiger partial charge in [0.05, 0.1) is 6.61 Å². The van der Waals surface area contributed by atoms with Crippen molar-refractivity contribution in [2.24, 2.45) is 5.41 Å². The fourth-order valence-corrected chi connectivity index (χ4v) is 2.18. The Kier molecular flexibility index (Phi) is 7.23. The Balaban J connectivity index is 2.29. The van der Waals surface area contributed by atoms with Crippen molar-refractivity contribution in [2.45, 2.75) is 53.5 Å².